The molecule has 7 aromatic rings. The van der Waals surface area contributed by atoms with Crippen LogP contribution in [-0.2, 0) is 57.9 Å². The van der Waals surface area contributed by atoms with Crippen LogP contribution in [-0.4, -0.2) is 239 Å². The van der Waals surface area contributed by atoms with E-state index in [2.05, 4.69) is 173 Å². The van der Waals surface area contributed by atoms with E-state index in [0.717, 1.165) is 141 Å². The summed E-state index contributed by atoms with van der Waals surface area (Å²) in [4.78, 5) is 114. The Labute approximate surface area is 824 Å². The molecule has 7 aromatic heterocycles. The third kappa shape index (κ3) is 57.7. The minimum absolute atomic E-state index is 0. The van der Waals surface area contributed by atoms with Crippen LogP contribution in [0.25, 0.3) is 6.08 Å². The van der Waals surface area contributed by atoms with E-state index in [1.165, 1.54) is 196 Å². The van der Waals surface area contributed by atoms with Crippen molar-refractivity contribution in [3.05, 3.63) is 240 Å². The van der Waals surface area contributed by atoms with Crippen LogP contribution in [0.4, 0.5) is 9.09 Å². The van der Waals surface area contributed by atoms with Crippen LogP contribution in [0.15, 0.2) is 172 Å². The number of pyridine rings is 7. The second-order valence-corrected chi connectivity index (χ2v) is 37.5. The van der Waals surface area contributed by atoms with Crippen molar-refractivity contribution in [2.75, 3.05) is 128 Å². The van der Waals surface area contributed by atoms with Crippen LogP contribution in [0.5, 0.6) is 0 Å². The molecule has 5 aliphatic heterocycles. The molecule has 2 atom stereocenters. The number of carboxylic acid groups (broad SMARTS) is 2. The average Bonchev–Trinajstić information content (AvgIpc) is 0.850. The Hall–Kier alpha value is -8.33. The number of nitrogens with two attached hydrogens (primary N) is 1. The number of aliphatic carboxylic acids is 2. The van der Waals surface area contributed by atoms with Crippen molar-refractivity contribution >= 4 is 82.0 Å². The van der Waals surface area contributed by atoms with Gasteiger partial charge in [0.05, 0.1) is 20.9 Å². The van der Waals surface area contributed by atoms with Crippen LogP contribution in [0, 0.1) is 63.2 Å². The third-order valence-corrected chi connectivity index (χ3v) is 24.5. The van der Waals surface area contributed by atoms with Gasteiger partial charge < -0.3 is 59.9 Å². The van der Waals surface area contributed by atoms with Crippen molar-refractivity contribution in [3.8, 4) is 0 Å². The van der Waals surface area contributed by atoms with E-state index in [-0.39, 0.29) is 43.1 Å². The number of Topliss-reactive ketones (excluding diaryl/α,β-unsaturated/α-hetero) is 1. The van der Waals surface area contributed by atoms with E-state index < -0.39 is 25.1 Å². The number of carbonyl (C=O) groups excluding carboxylic acids is 2. The van der Waals surface area contributed by atoms with Gasteiger partial charge >= 0.3 is 32.6 Å². The summed E-state index contributed by atoms with van der Waals surface area (Å²) in [6.45, 7) is 28.1. The van der Waals surface area contributed by atoms with E-state index in [9.17, 15) is 38.0 Å². The molecule has 6 fully saturated rings. The number of nitrogens with zero attached hydrogens (tertiary/aromatic N) is 12. The molecule has 1 saturated carbocycles. The molecule has 0 bridgehead atoms. The predicted molar refractivity (Wildman–Crippen MR) is 568 cm³/mol. The summed E-state index contributed by atoms with van der Waals surface area (Å²) in [5, 5.41) is 20.1. The number of likely N-dealkylation sites (tertiary alicyclic amines) is 5. The maximum atomic E-state index is 12.2. The van der Waals surface area contributed by atoms with E-state index in [1.807, 2.05) is 90.0 Å². The minimum Gasteiger partial charge on any atom is -0.255 e. The zero-order valence-electron chi connectivity index (χ0n) is 84.4. The van der Waals surface area contributed by atoms with Crippen LogP contribution in [0.3, 0.4) is 0 Å². The molecule has 6 aliphatic rings. The number of halogens is 3. The number of aromatic nitrogens is 7. The van der Waals surface area contributed by atoms with Gasteiger partial charge in [-0.3, -0.25) is 67.6 Å². The summed E-state index contributed by atoms with van der Waals surface area (Å²) < 4.78 is 33.5. The molecule has 0 aromatic carbocycles. The van der Waals surface area contributed by atoms with Gasteiger partial charge in [0.25, 0.3) is 16.7 Å². The molecule has 0 amide bonds. The molecule has 0 spiro atoms. The molecule has 13 rings (SSSR count). The number of hydrogen-bond acceptors (Lipinski definition) is 20. The number of carboxylic acids is 2. The molecule has 25 nitrogen and oxygen atoms in total. The number of amidine groups is 1. The van der Waals surface area contributed by atoms with E-state index in [0.29, 0.717) is 43.4 Å². The number of H-pyrrole nitrogens is 1. The van der Waals surface area contributed by atoms with Gasteiger partial charge in [0.1, 0.15) is 18.4 Å². The van der Waals surface area contributed by atoms with Crippen molar-refractivity contribution in [2.45, 2.75) is 221 Å². The van der Waals surface area contributed by atoms with Crippen LogP contribution >= 0.6 is 39.3 Å². The summed E-state index contributed by atoms with van der Waals surface area (Å²) >= 11 is 2.08. The molecular formula is C103H166BF2IN15O10PS. The summed E-state index contributed by atoms with van der Waals surface area (Å²) in [7, 11) is 14.9. The Bertz CT molecular complexity index is 4520. The Kier molecular flexibility index (Phi) is 68.6. The fourth-order valence-corrected chi connectivity index (χ4v) is 16.0. The average molecular weight is 2020 g/mol. The second-order valence-electron chi connectivity index (χ2n) is 35.1. The van der Waals surface area contributed by atoms with Crippen LogP contribution < -0.4 is 27.7 Å². The van der Waals surface area contributed by atoms with Crippen LogP contribution in [0.1, 0.15) is 215 Å². The molecule has 748 valence electrons. The number of aliphatic imine (C=N–C) groups is 1. The topological polar surface area (TPSA) is 321 Å². The van der Waals surface area contributed by atoms with Gasteiger partial charge in [-0.25, -0.2) is 0 Å². The van der Waals surface area contributed by atoms with Gasteiger partial charge in [0.15, 0.2) is 6.29 Å². The zero-order chi connectivity index (χ0) is 99.9. The maximum Gasteiger partial charge on any atom is 0.0785 e. The smallest absolute Gasteiger partial charge is 0.0785 e. The third-order valence-electron chi connectivity index (χ3n) is 24.5. The first-order valence-electron chi connectivity index (χ1n) is 48.5. The largest absolute Gasteiger partial charge is 0.255 e. The van der Waals surface area contributed by atoms with Crippen molar-refractivity contribution in [1.29, 1.82) is 0 Å². The molecule has 12 heterocycles. The summed E-state index contributed by atoms with van der Waals surface area (Å²) in [5.41, 5.74) is 15.3. The van der Waals surface area contributed by atoms with E-state index >= 15 is 0 Å². The SMILES string of the molecule is C=CC1CCCCC1.CC(=O)Cn1cccc(CCC2CCN(C)CC2)c1=O.CN1CCC(CCc2ccc[nH]c2=O)CC1.CN1CCC(CCc2cccn(CC(=O)O)c2=O)CC1.CN[C@@H](CCCN=C(C)N)C(=O)O.Cc1ccccn1.Cc1ncccc1/C=C/C1CCN(C)CC1.Cc1ncccc1C=O.Cc1ncccc1CCC1CCN(C)CC1.F.O=BP.[2H]CF.[3HH].[3H]CSI.[HH]. The number of nitrogens with one attached hydrogen (secondary N) is 2. The molecule has 31 heteroatoms. The molecule has 0 radical (unpaired) electrons. The number of piperidine rings is 5. The number of aryl methyl sites for hydroxylation is 8. The maximum absolute atomic E-state index is 12.2. The normalized spacial score (nSPS) is 16.2. The Morgan fingerprint density at radius 1 is 0.634 bits per heavy atom. The number of allylic oxidation sites excluding steroid dienone is 2. The monoisotopic (exact) mass is 2020 g/mol. The second kappa shape index (κ2) is 76.7. The number of likely N-dealkylation sites (N-methyl/N-ethyl adjacent to an activating group) is 1. The predicted octanol–water partition coefficient (Wildman–Crippen LogP) is 17.9. The number of carbonyl (C=O) groups is 4. The van der Waals surface area contributed by atoms with Crippen molar-refractivity contribution in [3.63, 3.8) is 0 Å². The summed E-state index contributed by atoms with van der Waals surface area (Å²) in [6, 6.07) is 28.5. The van der Waals surface area contributed by atoms with Crippen molar-refractivity contribution in [1.82, 2.24) is 63.9 Å². The van der Waals surface area contributed by atoms with Gasteiger partial charge in [0, 0.05) is 99.2 Å². The molecule has 1 aliphatic carbocycles. The van der Waals surface area contributed by atoms with Gasteiger partial charge in [-0.15, -0.1) is 6.58 Å². The number of rotatable bonds is 26. The first kappa shape index (κ1) is 120. The van der Waals surface area contributed by atoms with E-state index in [4.69, 9.17) is 23.4 Å². The van der Waals surface area contributed by atoms with Gasteiger partial charge in [-0.05, 0) is 419 Å². The summed E-state index contributed by atoms with van der Waals surface area (Å²) in [5.74, 6) is 3.48. The molecular weight excluding hydrogens is 1850 g/mol. The molecule has 5 saturated heterocycles. The standard InChI is InChI=1S/C16H24N2O2.C15H22N2O3.C14H22N2.C14H20N2.C13H20N2O.C8H17N3O2.C8H14.C7H7NO.C6H7N.CH3F.CH3IS.BH2OP.FH.2H2/c1-13(19)12-18-9-3-4-15(16(18)20)6-5-14-7-10-17(2)11-8-14;1-16-9-6-12(7-10-16)4-5-13-3-2-8-17(15(13)20)11-14(18)19;2*1-12-14(4-3-9-15-12)6-5-13-7-10-16(2)11-8-13;1-15-9-6-11(7-10-15)4-5-12-3-2-8-14-13(12)16;1-6(9)11-5-3-4-7(10-2)8(12)13;1-2-8-6-4-3-5-7-8;1-6-7(5-9)3-2-4-8-6;1-6-4-2-3-5-7-6;1-2;1-3-2;2-1-3;;;/h3-4,9,14H,5-8,10-12H2,1-2H3;2-3,8,12H,4-7,9-11H2,1H3,(H,18,19);3-4,9,13H,5-8,10-11H2,1-2H3;3-6,9,13H,7-8,10-11H2,1-2H3;2-3,8,11H,4-7,9-10H2,1H3,(H,14,16);7,10H,3-5H2,1-2H3,(H2,9,11)(H,12,13);2,8H,1,3-7H2;2-5H,1H3;2-5H,1H3;1H3;1H3;3H2;3*1H/b;;;6-5+;;;;;;;;;;;/t;;;;;7-;;;;;;;;;/m.....0........./s1/i;;;;;;;;;1D;1T;;;1+2;. The van der Waals surface area contributed by atoms with Gasteiger partial charge in [-0.2, -0.15) is 0 Å². The summed E-state index contributed by atoms with van der Waals surface area (Å²) in [6.07, 6.45) is 49.5. The molecule has 134 heavy (non-hydrogen) atoms. The zero-order valence-corrected chi connectivity index (χ0v) is 86.5. The number of hydrogen-bond donors (Lipinski definition) is 5. The fourth-order valence-electron chi connectivity index (χ4n) is 16.0. The Morgan fingerprint density at radius 2 is 1.04 bits per heavy atom. The van der Waals surface area contributed by atoms with Gasteiger partial charge in [0.2, 0.25) is 0 Å². The van der Waals surface area contributed by atoms with Gasteiger partial charge in [-0.1, -0.05) is 82.8 Å². The fraction of sp³-hybridized carbons (Fsp3) is 0.573. The van der Waals surface area contributed by atoms with Crippen molar-refractivity contribution in [2.24, 2.45) is 46.2 Å². The number of aromatic amines is 1. The molecule has 6 N–H and O–H groups in total. The Morgan fingerprint density at radius 3 is 1.39 bits per heavy atom. The minimum atomic E-state index is -1.00. The van der Waals surface area contributed by atoms with Crippen LogP contribution in [0.2, 0.25) is 0 Å². The first-order valence-corrected chi connectivity index (χ1v) is 51.3. The number of alkyl halides is 1. The van der Waals surface area contributed by atoms with E-state index in [1.54, 1.807) is 57.0 Å². The molecule has 1 unspecified atom stereocenters. The quantitative estimate of drug-likeness (QED) is 0.00491. The van der Waals surface area contributed by atoms with Crippen molar-refractivity contribution < 1.29 is 48.8 Å². The Balaban J connectivity index is 0. The first-order chi connectivity index (χ1) is 64.9. The number of ketones is 1. The number of aldehydes is 1.